The Morgan fingerprint density at radius 3 is 2.41 bits per heavy atom. The van der Waals surface area contributed by atoms with Crippen LogP contribution in [0.25, 0.3) is 0 Å². The van der Waals surface area contributed by atoms with Gasteiger partial charge in [-0.25, -0.2) is 24.3 Å². The van der Waals surface area contributed by atoms with Gasteiger partial charge in [0.1, 0.15) is 18.5 Å². The predicted octanol–water partition coefficient (Wildman–Crippen LogP) is 1.66. The normalized spacial score (nSPS) is 14.9. The molecule has 1 aliphatic rings. The summed E-state index contributed by atoms with van der Waals surface area (Å²) in [4.78, 5) is 20.5. The summed E-state index contributed by atoms with van der Waals surface area (Å²) in [6.45, 7) is 7.22. The Kier molecular flexibility index (Phi) is 3.64. The zero-order chi connectivity index (χ0) is 15.9. The lowest BCUT2D eigenvalue weighted by atomic mass is 10.1. The maximum atomic E-state index is 14.1. The van der Waals surface area contributed by atoms with Gasteiger partial charge in [0.25, 0.3) is 0 Å². The molecule has 2 aromatic heterocycles. The molecule has 7 heteroatoms. The second kappa shape index (κ2) is 5.47. The smallest absolute Gasteiger partial charge is 0.186 e. The van der Waals surface area contributed by atoms with Gasteiger partial charge in [0.2, 0.25) is 0 Å². The molecule has 3 heterocycles. The van der Waals surface area contributed by atoms with Crippen molar-refractivity contribution in [3.63, 3.8) is 0 Å². The van der Waals surface area contributed by atoms with Crippen LogP contribution in [-0.4, -0.2) is 46.1 Å². The number of hydrogen-bond acceptors (Lipinski definition) is 6. The lowest BCUT2D eigenvalue weighted by Gasteiger charge is -2.45. The van der Waals surface area contributed by atoms with Crippen molar-refractivity contribution < 1.29 is 4.39 Å². The van der Waals surface area contributed by atoms with Crippen LogP contribution in [0.3, 0.4) is 0 Å². The van der Waals surface area contributed by atoms with Gasteiger partial charge in [-0.2, -0.15) is 0 Å². The molecule has 2 aromatic rings. The largest absolute Gasteiger partial charge is 0.352 e. The zero-order valence-electron chi connectivity index (χ0n) is 13.2. The van der Waals surface area contributed by atoms with E-state index in [0.717, 1.165) is 30.2 Å². The van der Waals surface area contributed by atoms with E-state index in [1.165, 1.54) is 6.33 Å². The van der Waals surface area contributed by atoms with E-state index in [-0.39, 0.29) is 11.9 Å². The third kappa shape index (κ3) is 2.36. The maximum Gasteiger partial charge on any atom is 0.186 e. The third-order valence-electron chi connectivity index (χ3n) is 4.30. The molecule has 0 N–H and O–H groups in total. The van der Waals surface area contributed by atoms with Crippen molar-refractivity contribution in [2.75, 3.05) is 29.9 Å². The van der Waals surface area contributed by atoms with Gasteiger partial charge in [-0.3, -0.25) is 0 Å². The molecule has 0 spiro atoms. The molecule has 0 amide bonds. The van der Waals surface area contributed by atoms with Crippen LogP contribution in [0.15, 0.2) is 12.7 Å². The summed E-state index contributed by atoms with van der Waals surface area (Å²) in [5, 5.41) is 0. The standard InChI is InChI=1S/C15H19FN6/c1-9-10(2)17-7-19-14(9)22-5-12(6-22)21(4)15-13(16)11(3)18-8-20-15/h7-8,12H,5-6H2,1-4H3. The van der Waals surface area contributed by atoms with Crippen LogP contribution in [0.5, 0.6) is 0 Å². The van der Waals surface area contributed by atoms with Crippen LogP contribution in [-0.2, 0) is 0 Å². The topological polar surface area (TPSA) is 58.0 Å². The average Bonchev–Trinajstić information content (AvgIpc) is 2.44. The SMILES string of the molecule is Cc1ncnc(N2CC(N(C)c3ncnc(C)c3F)C2)c1C. The first-order chi connectivity index (χ1) is 10.5. The van der Waals surface area contributed by atoms with Crippen LogP contribution in [0.4, 0.5) is 16.0 Å². The van der Waals surface area contributed by atoms with Gasteiger partial charge in [-0.15, -0.1) is 0 Å². The van der Waals surface area contributed by atoms with E-state index in [1.54, 1.807) is 13.3 Å². The minimum absolute atomic E-state index is 0.207. The number of aromatic nitrogens is 4. The second-order valence-corrected chi connectivity index (χ2v) is 5.67. The van der Waals surface area contributed by atoms with Crippen molar-refractivity contribution in [1.82, 2.24) is 19.9 Å². The molecule has 0 saturated carbocycles. The summed E-state index contributed by atoms with van der Waals surface area (Å²) >= 11 is 0. The summed E-state index contributed by atoms with van der Waals surface area (Å²) in [6, 6.07) is 0.207. The molecule has 0 radical (unpaired) electrons. The van der Waals surface area contributed by atoms with E-state index < -0.39 is 0 Å². The first-order valence-electron chi connectivity index (χ1n) is 7.22. The molecule has 3 rings (SSSR count). The first-order valence-corrected chi connectivity index (χ1v) is 7.22. The Morgan fingerprint density at radius 2 is 1.68 bits per heavy atom. The summed E-state index contributed by atoms with van der Waals surface area (Å²) < 4.78 is 14.1. The number of anilines is 2. The predicted molar refractivity (Wildman–Crippen MR) is 82.6 cm³/mol. The summed E-state index contributed by atoms with van der Waals surface area (Å²) in [6.07, 6.45) is 2.99. The number of nitrogens with zero attached hydrogens (tertiary/aromatic N) is 6. The molecule has 6 nitrogen and oxygen atoms in total. The van der Waals surface area contributed by atoms with Gasteiger partial charge in [-0.1, -0.05) is 0 Å². The molecule has 0 unspecified atom stereocenters. The number of halogens is 1. The lowest BCUT2D eigenvalue weighted by Crippen LogP contribution is -2.59. The third-order valence-corrected chi connectivity index (χ3v) is 4.30. The molecule has 1 aliphatic heterocycles. The second-order valence-electron chi connectivity index (χ2n) is 5.67. The number of rotatable bonds is 3. The fourth-order valence-electron chi connectivity index (χ4n) is 2.58. The number of hydrogen-bond donors (Lipinski definition) is 0. The molecule has 1 saturated heterocycles. The summed E-state index contributed by atoms with van der Waals surface area (Å²) in [7, 11) is 1.87. The summed E-state index contributed by atoms with van der Waals surface area (Å²) in [5.41, 5.74) is 2.45. The highest BCUT2D eigenvalue weighted by atomic mass is 19.1. The zero-order valence-corrected chi connectivity index (χ0v) is 13.2. The van der Waals surface area contributed by atoms with Crippen LogP contribution < -0.4 is 9.80 Å². The molecule has 0 aliphatic carbocycles. The van der Waals surface area contributed by atoms with E-state index in [0.29, 0.717) is 11.5 Å². The highest BCUT2D eigenvalue weighted by Crippen LogP contribution is 2.28. The molecule has 1 fully saturated rings. The van der Waals surface area contributed by atoms with Gasteiger partial charge in [-0.05, 0) is 20.8 Å². The van der Waals surface area contributed by atoms with Gasteiger partial charge in [0.15, 0.2) is 11.6 Å². The van der Waals surface area contributed by atoms with E-state index >= 15 is 0 Å². The van der Waals surface area contributed by atoms with Crippen molar-refractivity contribution in [2.24, 2.45) is 0 Å². The van der Waals surface area contributed by atoms with Crippen LogP contribution in [0.2, 0.25) is 0 Å². The van der Waals surface area contributed by atoms with Crippen molar-refractivity contribution >= 4 is 11.6 Å². The highest BCUT2D eigenvalue weighted by Gasteiger charge is 2.33. The first kappa shape index (κ1) is 14.6. The molecular weight excluding hydrogens is 283 g/mol. The van der Waals surface area contributed by atoms with Crippen LogP contribution >= 0.6 is 0 Å². The van der Waals surface area contributed by atoms with E-state index in [4.69, 9.17) is 0 Å². The molecular formula is C15H19FN6. The fourth-order valence-corrected chi connectivity index (χ4v) is 2.58. The molecule has 0 aromatic carbocycles. The quantitative estimate of drug-likeness (QED) is 0.859. The minimum Gasteiger partial charge on any atom is -0.352 e. The Morgan fingerprint density at radius 1 is 1.05 bits per heavy atom. The van der Waals surface area contributed by atoms with Crippen molar-refractivity contribution in [2.45, 2.75) is 26.8 Å². The van der Waals surface area contributed by atoms with Crippen molar-refractivity contribution in [3.8, 4) is 0 Å². The maximum absolute atomic E-state index is 14.1. The summed E-state index contributed by atoms with van der Waals surface area (Å²) in [5.74, 6) is 0.960. The van der Waals surface area contributed by atoms with Gasteiger partial charge < -0.3 is 9.80 Å². The van der Waals surface area contributed by atoms with Gasteiger partial charge in [0.05, 0.1) is 11.7 Å². The van der Waals surface area contributed by atoms with E-state index in [2.05, 4.69) is 24.8 Å². The van der Waals surface area contributed by atoms with Crippen LogP contribution in [0, 0.1) is 26.6 Å². The molecule has 0 atom stereocenters. The van der Waals surface area contributed by atoms with Crippen LogP contribution in [0.1, 0.15) is 17.0 Å². The minimum atomic E-state index is -0.350. The fraction of sp³-hybridized carbons (Fsp3) is 0.467. The Hall–Kier alpha value is -2.31. The Bertz CT molecular complexity index is 698. The molecule has 116 valence electrons. The number of aryl methyl sites for hydroxylation is 2. The van der Waals surface area contributed by atoms with Crippen molar-refractivity contribution in [3.05, 3.63) is 35.4 Å². The van der Waals surface area contributed by atoms with E-state index in [9.17, 15) is 4.39 Å². The number of likely N-dealkylation sites (N-methyl/N-ethyl adjacent to an activating group) is 1. The highest BCUT2D eigenvalue weighted by molar-refractivity contribution is 5.53. The monoisotopic (exact) mass is 302 g/mol. The molecule has 0 bridgehead atoms. The Labute approximate surface area is 129 Å². The van der Waals surface area contributed by atoms with Crippen molar-refractivity contribution in [1.29, 1.82) is 0 Å². The Balaban J connectivity index is 1.73. The molecule has 22 heavy (non-hydrogen) atoms. The van der Waals surface area contributed by atoms with E-state index in [1.807, 2.05) is 25.8 Å². The average molecular weight is 302 g/mol. The van der Waals surface area contributed by atoms with Gasteiger partial charge >= 0.3 is 0 Å². The lowest BCUT2D eigenvalue weighted by molar-refractivity contribution is 0.478. The van der Waals surface area contributed by atoms with Gasteiger partial charge in [0, 0.05) is 31.4 Å².